The summed E-state index contributed by atoms with van der Waals surface area (Å²) in [6.07, 6.45) is 0.927. The Kier molecular flexibility index (Phi) is 3.81. The van der Waals surface area contributed by atoms with E-state index in [1.807, 2.05) is 0 Å². The van der Waals surface area contributed by atoms with Crippen LogP contribution >= 0.6 is 0 Å². The van der Waals surface area contributed by atoms with Crippen LogP contribution in [0.5, 0.6) is 0 Å². The molecule has 1 amide bonds. The first kappa shape index (κ1) is 12.8. The molecule has 98 valence electrons. The Balaban J connectivity index is 2.18. The molecule has 1 aromatic carbocycles. The van der Waals surface area contributed by atoms with Gasteiger partial charge in [0.25, 0.3) is 0 Å². The highest BCUT2D eigenvalue weighted by Gasteiger charge is 2.33. The Labute approximate surface area is 106 Å². The van der Waals surface area contributed by atoms with Gasteiger partial charge in [-0.05, 0) is 30.5 Å². The first-order valence-corrected chi connectivity index (χ1v) is 5.99. The first-order valence-electron chi connectivity index (χ1n) is 5.99. The monoisotopic (exact) mass is 252 g/mol. The van der Waals surface area contributed by atoms with Crippen molar-refractivity contribution in [3.05, 3.63) is 35.6 Å². The maximum absolute atomic E-state index is 12.9. The predicted octanol–water partition coefficient (Wildman–Crippen LogP) is 2.06. The van der Waals surface area contributed by atoms with Crippen LogP contribution in [0.1, 0.15) is 24.3 Å². The standard InChI is InChI=1S/C13H17FN2O2/c1-18-13(17)16-8-2-3-11(12(16)15)9-4-6-10(14)7-5-9/h4-7,11-12H,2-3,8,15H2,1H3. The van der Waals surface area contributed by atoms with Gasteiger partial charge < -0.3 is 10.5 Å². The highest BCUT2D eigenvalue weighted by molar-refractivity contribution is 5.68. The van der Waals surface area contributed by atoms with Crippen LogP contribution in [0.25, 0.3) is 0 Å². The molecule has 2 atom stereocenters. The Morgan fingerprint density at radius 1 is 1.44 bits per heavy atom. The normalized spacial score (nSPS) is 23.8. The zero-order valence-corrected chi connectivity index (χ0v) is 10.3. The first-order chi connectivity index (χ1) is 8.63. The number of halogens is 1. The maximum atomic E-state index is 12.9. The molecule has 18 heavy (non-hydrogen) atoms. The van der Waals surface area contributed by atoms with Crippen molar-refractivity contribution in [2.45, 2.75) is 24.9 Å². The fourth-order valence-electron chi connectivity index (χ4n) is 2.42. The molecule has 2 N–H and O–H groups in total. The van der Waals surface area contributed by atoms with Gasteiger partial charge in [0.15, 0.2) is 0 Å². The van der Waals surface area contributed by atoms with E-state index in [1.54, 1.807) is 12.1 Å². The van der Waals surface area contributed by atoms with Crippen LogP contribution in [0.2, 0.25) is 0 Å². The number of likely N-dealkylation sites (tertiary alicyclic amines) is 1. The molecule has 1 saturated heterocycles. The Morgan fingerprint density at radius 2 is 2.11 bits per heavy atom. The van der Waals surface area contributed by atoms with Gasteiger partial charge in [-0.15, -0.1) is 0 Å². The zero-order chi connectivity index (χ0) is 13.1. The van der Waals surface area contributed by atoms with E-state index in [4.69, 9.17) is 10.5 Å². The van der Waals surface area contributed by atoms with Crippen LogP contribution in [0.4, 0.5) is 9.18 Å². The number of rotatable bonds is 1. The number of ether oxygens (including phenoxy) is 1. The van der Waals surface area contributed by atoms with E-state index < -0.39 is 12.3 Å². The summed E-state index contributed by atoms with van der Waals surface area (Å²) in [5, 5.41) is 0. The molecular formula is C13H17FN2O2. The summed E-state index contributed by atoms with van der Waals surface area (Å²) in [7, 11) is 1.34. The lowest BCUT2D eigenvalue weighted by atomic mass is 9.88. The molecule has 2 rings (SSSR count). The van der Waals surface area contributed by atoms with Crippen molar-refractivity contribution < 1.29 is 13.9 Å². The van der Waals surface area contributed by atoms with Crippen LogP contribution in [0.15, 0.2) is 24.3 Å². The van der Waals surface area contributed by atoms with Crippen molar-refractivity contribution in [1.29, 1.82) is 0 Å². The molecule has 0 bridgehead atoms. The SMILES string of the molecule is COC(=O)N1CCCC(c2ccc(F)cc2)C1N. The van der Waals surface area contributed by atoms with Crippen LogP contribution in [-0.4, -0.2) is 30.8 Å². The molecule has 1 aliphatic heterocycles. The fourth-order valence-corrected chi connectivity index (χ4v) is 2.42. The second-order valence-electron chi connectivity index (χ2n) is 4.45. The fraction of sp³-hybridized carbons (Fsp3) is 0.462. The summed E-state index contributed by atoms with van der Waals surface area (Å²) in [6.45, 7) is 0.603. The van der Waals surface area contributed by atoms with E-state index in [9.17, 15) is 9.18 Å². The summed E-state index contributed by atoms with van der Waals surface area (Å²) in [4.78, 5) is 13.1. The number of hydrogen-bond donors (Lipinski definition) is 1. The van der Waals surface area contributed by atoms with Gasteiger partial charge in [0, 0.05) is 12.5 Å². The largest absolute Gasteiger partial charge is 0.453 e. The number of piperidine rings is 1. The minimum absolute atomic E-state index is 0.0263. The average Bonchev–Trinajstić information content (AvgIpc) is 2.39. The molecule has 4 nitrogen and oxygen atoms in total. The third-order valence-electron chi connectivity index (χ3n) is 3.39. The number of nitrogens with zero attached hydrogens (tertiary/aromatic N) is 1. The summed E-state index contributed by atoms with van der Waals surface area (Å²) in [6, 6.07) is 6.28. The second kappa shape index (κ2) is 5.35. The van der Waals surface area contributed by atoms with Gasteiger partial charge in [-0.2, -0.15) is 0 Å². The van der Waals surface area contributed by atoms with Crippen LogP contribution < -0.4 is 5.73 Å². The third-order valence-corrected chi connectivity index (χ3v) is 3.39. The highest BCUT2D eigenvalue weighted by Crippen LogP contribution is 2.30. The van der Waals surface area contributed by atoms with Gasteiger partial charge in [-0.25, -0.2) is 9.18 Å². The maximum Gasteiger partial charge on any atom is 0.410 e. The molecule has 0 saturated carbocycles. The van der Waals surface area contributed by atoms with Crippen molar-refractivity contribution >= 4 is 6.09 Å². The van der Waals surface area contributed by atoms with Crippen LogP contribution in [0.3, 0.4) is 0 Å². The van der Waals surface area contributed by atoms with Crippen molar-refractivity contribution in [2.24, 2.45) is 5.73 Å². The lowest BCUT2D eigenvalue weighted by molar-refractivity contribution is 0.0831. The smallest absolute Gasteiger partial charge is 0.410 e. The van der Waals surface area contributed by atoms with E-state index in [2.05, 4.69) is 0 Å². The van der Waals surface area contributed by atoms with Gasteiger partial charge in [0.05, 0.1) is 13.3 Å². The van der Waals surface area contributed by atoms with Crippen molar-refractivity contribution in [3.8, 4) is 0 Å². The molecule has 0 radical (unpaired) electrons. The summed E-state index contributed by atoms with van der Waals surface area (Å²) in [5.74, 6) is -0.244. The number of nitrogens with two attached hydrogens (primary N) is 1. The van der Waals surface area contributed by atoms with E-state index in [0.717, 1.165) is 18.4 Å². The average molecular weight is 252 g/mol. The lowest BCUT2D eigenvalue weighted by Gasteiger charge is -2.38. The molecule has 2 unspecified atom stereocenters. The molecule has 1 aromatic rings. The molecule has 0 spiro atoms. The van der Waals surface area contributed by atoms with Gasteiger partial charge in [0.1, 0.15) is 5.82 Å². The van der Waals surface area contributed by atoms with Gasteiger partial charge in [0.2, 0.25) is 0 Å². The predicted molar refractivity (Wildman–Crippen MR) is 65.5 cm³/mol. The number of carbonyl (C=O) groups excluding carboxylic acids is 1. The molecule has 0 aliphatic carbocycles. The molecule has 5 heteroatoms. The van der Waals surface area contributed by atoms with Crippen molar-refractivity contribution in [3.63, 3.8) is 0 Å². The van der Waals surface area contributed by atoms with E-state index >= 15 is 0 Å². The summed E-state index contributed by atoms with van der Waals surface area (Å²) >= 11 is 0. The van der Waals surface area contributed by atoms with Crippen LogP contribution in [0, 0.1) is 5.82 Å². The summed E-state index contributed by atoms with van der Waals surface area (Å²) < 4.78 is 17.6. The molecule has 1 heterocycles. The van der Waals surface area contributed by atoms with Crippen molar-refractivity contribution in [2.75, 3.05) is 13.7 Å². The van der Waals surface area contributed by atoms with Gasteiger partial charge in [-0.3, -0.25) is 4.90 Å². The minimum atomic E-state index is -0.420. The third kappa shape index (κ3) is 2.46. The van der Waals surface area contributed by atoms with Crippen molar-refractivity contribution in [1.82, 2.24) is 4.90 Å². The molecular weight excluding hydrogens is 235 g/mol. The number of amides is 1. The van der Waals surface area contributed by atoms with Gasteiger partial charge >= 0.3 is 6.09 Å². The quantitative estimate of drug-likeness (QED) is 0.832. The minimum Gasteiger partial charge on any atom is -0.453 e. The second-order valence-corrected chi connectivity index (χ2v) is 4.45. The number of carbonyl (C=O) groups is 1. The molecule has 0 aromatic heterocycles. The van der Waals surface area contributed by atoms with Crippen LogP contribution in [-0.2, 0) is 4.74 Å². The van der Waals surface area contributed by atoms with E-state index in [-0.39, 0.29) is 11.7 Å². The van der Waals surface area contributed by atoms with E-state index in [1.165, 1.54) is 24.1 Å². The number of methoxy groups -OCH3 is 1. The topological polar surface area (TPSA) is 55.6 Å². The Morgan fingerprint density at radius 3 is 2.72 bits per heavy atom. The Hall–Kier alpha value is -1.62. The highest BCUT2D eigenvalue weighted by atomic mass is 19.1. The lowest BCUT2D eigenvalue weighted by Crippen LogP contribution is -2.52. The summed E-state index contributed by atoms with van der Waals surface area (Å²) in [5.41, 5.74) is 7.06. The molecule has 1 fully saturated rings. The zero-order valence-electron chi connectivity index (χ0n) is 10.3. The number of hydrogen-bond acceptors (Lipinski definition) is 3. The Bertz CT molecular complexity index is 422. The number of benzene rings is 1. The molecule has 1 aliphatic rings. The van der Waals surface area contributed by atoms with E-state index in [0.29, 0.717) is 6.54 Å². The van der Waals surface area contributed by atoms with Gasteiger partial charge in [-0.1, -0.05) is 12.1 Å².